The lowest BCUT2D eigenvalue weighted by atomic mass is 10.0. The molecule has 2 nitrogen and oxygen atoms in total. The van der Waals surface area contributed by atoms with Gasteiger partial charge in [-0.25, -0.2) is 0 Å². The lowest BCUT2D eigenvalue weighted by Gasteiger charge is -2.08. The first kappa shape index (κ1) is 11.4. The number of allylic oxidation sites excluding steroid dienone is 2. The zero-order valence-corrected chi connectivity index (χ0v) is 9.59. The van der Waals surface area contributed by atoms with E-state index in [2.05, 4.69) is 18.0 Å². The summed E-state index contributed by atoms with van der Waals surface area (Å²) in [4.78, 5) is 0. The summed E-state index contributed by atoms with van der Waals surface area (Å²) >= 11 is 0. The molecule has 2 heteroatoms. The van der Waals surface area contributed by atoms with E-state index in [0.717, 1.165) is 28.0 Å². The predicted molar refractivity (Wildman–Crippen MR) is 68.3 cm³/mol. The third-order valence-corrected chi connectivity index (χ3v) is 2.33. The van der Waals surface area contributed by atoms with E-state index in [-0.39, 0.29) is 0 Å². The van der Waals surface area contributed by atoms with Crippen molar-refractivity contribution < 1.29 is 0 Å². The molecule has 0 heterocycles. The summed E-state index contributed by atoms with van der Waals surface area (Å²) in [6.07, 6.45) is 1.95. The van der Waals surface area contributed by atoms with Crippen molar-refractivity contribution in [2.75, 3.05) is 12.8 Å². The quantitative estimate of drug-likeness (QED) is 0.740. The summed E-state index contributed by atoms with van der Waals surface area (Å²) in [6.45, 7) is 7.90. The molecular weight excluding hydrogens is 184 g/mol. The second-order valence-electron chi connectivity index (χ2n) is 3.70. The normalized spacial score (nSPS) is 11.3. The lowest BCUT2D eigenvalue weighted by Crippen LogP contribution is -1.97. The predicted octanol–water partition coefficient (Wildman–Crippen LogP) is 2.88. The Hall–Kier alpha value is -1.70. The van der Waals surface area contributed by atoms with E-state index >= 15 is 0 Å². The van der Waals surface area contributed by atoms with E-state index in [1.54, 1.807) is 0 Å². The van der Waals surface area contributed by atoms with Crippen LogP contribution in [0.4, 0.5) is 5.69 Å². The highest BCUT2D eigenvalue weighted by molar-refractivity contribution is 5.76. The number of anilines is 1. The van der Waals surface area contributed by atoms with Gasteiger partial charge in [0, 0.05) is 12.7 Å². The van der Waals surface area contributed by atoms with Gasteiger partial charge in [0.2, 0.25) is 0 Å². The SMILES string of the molecule is C=C(C)c1ccc(/C(C)=C/NC)cc1N. The van der Waals surface area contributed by atoms with Gasteiger partial charge in [0.15, 0.2) is 0 Å². The molecule has 0 spiro atoms. The van der Waals surface area contributed by atoms with Gasteiger partial charge in [0.05, 0.1) is 0 Å². The number of nitrogens with two attached hydrogens (primary N) is 1. The summed E-state index contributed by atoms with van der Waals surface area (Å²) in [6, 6.07) is 6.05. The molecule has 80 valence electrons. The molecule has 0 amide bonds. The number of nitrogens with one attached hydrogen (secondary N) is 1. The molecule has 1 aromatic rings. The Morgan fingerprint density at radius 3 is 2.53 bits per heavy atom. The largest absolute Gasteiger partial charge is 0.398 e. The van der Waals surface area contributed by atoms with Crippen molar-refractivity contribution in [2.24, 2.45) is 0 Å². The van der Waals surface area contributed by atoms with Crippen LogP contribution in [0, 0.1) is 0 Å². The van der Waals surface area contributed by atoms with E-state index in [1.807, 2.05) is 39.2 Å². The van der Waals surface area contributed by atoms with Crippen molar-refractivity contribution >= 4 is 16.8 Å². The van der Waals surface area contributed by atoms with E-state index in [4.69, 9.17) is 5.73 Å². The zero-order chi connectivity index (χ0) is 11.4. The Morgan fingerprint density at radius 1 is 1.40 bits per heavy atom. The first-order valence-corrected chi connectivity index (χ1v) is 4.96. The van der Waals surface area contributed by atoms with E-state index in [9.17, 15) is 0 Å². The highest BCUT2D eigenvalue weighted by Gasteiger charge is 2.02. The summed E-state index contributed by atoms with van der Waals surface area (Å²) in [5.74, 6) is 0. The van der Waals surface area contributed by atoms with Crippen LogP contribution in [0.25, 0.3) is 11.1 Å². The lowest BCUT2D eigenvalue weighted by molar-refractivity contribution is 1.10. The molecular formula is C13H18N2. The minimum Gasteiger partial charge on any atom is -0.398 e. The molecule has 1 aromatic carbocycles. The zero-order valence-electron chi connectivity index (χ0n) is 9.59. The second-order valence-corrected chi connectivity index (χ2v) is 3.70. The van der Waals surface area contributed by atoms with Gasteiger partial charge < -0.3 is 11.1 Å². The molecule has 0 aliphatic rings. The maximum absolute atomic E-state index is 5.95. The maximum atomic E-state index is 5.95. The summed E-state index contributed by atoms with van der Waals surface area (Å²) < 4.78 is 0. The summed E-state index contributed by atoms with van der Waals surface area (Å²) in [5, 5.41) is 3.00. The third-order valence-electron chi connectivity index (χ3n) is 2.33. The highest BCUT2D eigenvalue weighted by atomic mass is 14.8. The minimum absolute atomic E-state index is 0.781. The van der Waals surface area contributed by atoms with Crippen LogP contribution in [-0.2, 0) is 0 Å². The van der Waals surface area contributed by atoms with Crippen LogP contribution in [0.15, 0.2) is 31.0 Å². The van der Waals surface area contributed by atoms with Crippen molar-refractivity contribution in [3.63, 3.8) is 0 Å². The van der Waals surface area contributed by atoms with Gasteiger partial charge in [-0.3, -0.25) is 0 Å². The fourth-order valence-electron chi connectivity index (χ4n) is 1.50. The molecule has 3 N–H and O–H groups in total. The first-order chi connectivity index (χ1) is 7.06. The van der Waals surface area contributed by atoms with Crippen LogP contribution in [0.1, 0.15) is 25.0 Å². The Labute approximate surface area is 91.5 Å². The van der Waals surface area contributed by atoms with Crippen molar-refractivity contribution in [3.05, 3.63) is 42.1 Å². The van der Waals surface area contributed by atoms with Gasteiger partial charge in [-0.15, -0.1) is 0 Å². The minimum atomic E-state index is 0.781. The molecule has 0 saturated heterocycles. The Kier molecular flexibility index (Phi) is 3.56. The molecule has 0 atom stereocenters. The average molecular weight is 202 g/mol. The fraction of sp³-hybridized carbons (Fsp3) is 0.231. The van der Waals surface area contributed by atoms with Crippen molar-refractivity contribution in [3.8, 4) is 0 Å². The molecule has 15 heavy (non-hydrogen) atoms. The van der Waals surface area contributed by atoms with Crippen LogP contribution in [0.3, 0.4) is 0 Å². The standard InChI is InChI=1S/C13H18N2/c1-9(2)12-6-5-11(7-13(12)14)10(3)8-15-4/h5-8,15H,1,14H2,2-4H3/b10-8+. The van der Waals surface area contributed by atoms with Crippen molar-refractivity contribution in [1.29, 1.82) is 0 Å². The van der Waals surface area contributed by atoms with Crippen molar-refractivity contribution in [1.82, 2.24) is 5.32 Å². The molecule has 0 aliphatic heterocycles. The molecule has 0 fully saturated rings. The number of nitrogen functional groups attached to an aromatic ring is 1. The number of hydrogen-bond donors (Lipinski definition) is 2. The Balaban J connectivity index is 3.12. The molecule has 0 bridgehead atoms. The van der Waals surface area contributed by atoms with Crippen molar-refractivity contribution in [2.45, 2.75) is 13.8 Å². The highest BCUT2D eigenvalue weighted by Crippen LogP contribution is 2.24. The van der Waals surface area contributed by atoms with E-state index in [1.165, 1.54) is 0 Å². The van der Waals surface area contributed by atoms with E-state index in [0.29, 0.717) is 0 Å². The van der Waals surface area contributed by atoms with Gasteiger partial charge in [-0.2, -0.15) is 0 Å². The molecule has 1 rings (SSSR count). The van der Waals surface area contributed by atoms with Crippen LogP contribution in [0.5, 0.6) is 0 Å². The van der Waals surface area contributed by atoms with E-state index < -0.39 is 0 Å². The number of hydrogen-bond acceptors (Lipinski definition) is 2. The number of benzene rings is 1. The molecule has 0 radical (unpaired) electrons. The molecule has 0 unspecified atom stereocenters. The van der Waals surface area contributed by atoms with Gasteiger partial charge >= 0.3 is 0 Å². The smallest absolute Gasteiger partial charge is 0.0396 e. The Bertz CT molecular complexity index is 403. The average Bonchev–Trinajstić information content (AvgIpc) is 2.17. The van der Waals surface area contributed by atoms with Crippen LogP contribution < -0.4 is 11.1 Å². The molecule has 0 aliphatic carbocycles. The van der Waals surface area contributed by atoms with Crippen LogP contribution in [-0.4, -0.2) is 7.05 Å². The van der Waals surface area contributed by atoms with Gasteiger partial charge in [-0.1, -0.05) is 18.7 Å². The molecule has 0 aromatic heterocycles. The summed E-state index contributed by atoms with van der Waals surface area (Å²) in [5.41, 5.74) is 11.0. The third kappa shape index (κ3) is 2.62. The van der Waals surface area contributed by atoms with Gasteiger partial charge in [0.25, 0.3) is 0 Å². The topological polar surface area (TPSA) is 38.0 Å². The van der Waals surface area contributed by atoms with Gasteiger partial charge in [0.1, 0.15) is 0 Å². The number of rotatable bonds is 3. The van der Waals surface area contributed by atoms with Crippen LogP contribution >= 0.6 is 0 Å². The second kappa shape index (κ2) is 4.69. The van der Waals surface area contributed by atoms with Crippen LogP contribution in [0.2, 0.25) is 0 Å². The van der Waals surface area contributed by atoms with Gasteiger partial charge in [-0.05, 0) is 48.4 Å². The summed E-state index contributed by atoms with van der Waals surface area (Å²) in [7, 11) is 1.88. The maximum Gasteiger partial charge on any atom is 0.0396 e. The molecule has 0 saturated carbocycles. The first-order valence-electron chi connectivity index (χ1n) is 4.96. The monoisotopic (exact) mass is 202 g/mol. The fourth-order valence-corrected chi connectivity index (χ4v) is 1.50. The Morgan fingerprint density at radius 2 is 2.07 bits per heavy atom.